The zero-order valence-corrected chi connectivity index (χ0v) is 67.1. The third-order valence-electron chi connectivity index (χ3n) is 19.0. The minimum atomic E-state index is -1.51. The van der Waals surface area contributed by atoms with Crippen LogP contribution >= 0.6 is 0 Å². The van der Waals surface area contributed by atoms with E-state index in [2.05, 4.69) is 123 Å². The highest BCUT2D eigenvalue weighted by Crippen LogP contribution is 2.20. The number of likely N-dealkylation sites (N-methyl/N-ethyl adjacent to an activating group) is 1. The number of hydrogen-bond donors (Lipinski definition) is 1. The summed E-state index contributed by atoms with van der Waals surface area (Å²) in [6, 6.07) is 0. The highest BCUT2D eigenvalue weighted by Gasteiger charge is 2.25. The molecular formula is C92H164NO8+. The van der Waals surface area contributed by atoms with Gasteiger partial charge in [0, 0.05) is 12.8 Å². The monoisotopic (exact) mass is 1410 g/mol. The van der Waals surface area contributed by atoms with Crippen molar-refractivity contribution in [2.24, 2.45) is 0 Å². The van der Waals surface area contributed by atoms with E-state index in [0.29, 0.717) is 17.4 Å². The smallest absolute Gasteiger partial charge is 0.361 e. The van der Waals surface area contributed by atoms with Gasteiger partial charge in [-0.25, -0.2) is 4.79 Å². The van der Waals surface area contributed by atoms with Crippen LogP contribution in [0, 0.1) is 0 Å². The third-order valence-corrected chi connectivity index (χ3v) is 19.0. The van der Waals surface area contributed by atoms with Crippen LogP contribution in [0.2, 0.25) is 0 Å². The van der Waals surface area contributed by atoms with Crippen molar-refractivity contribution in [1.82, 2.24) is 0 Å². The standard InChI is InChI=1S/C92H163NO8/c1-6-8-10-12-14-16-18-20-22-24-26-28-30-32-34-36-38-40-42-43-44-45-46-47-49-51-53-55-57-59-61-63-65-67-69-71-73-75-77-79-81-83-90(95)101-88(87-100-92(91(96)97)98-85-84-93(3,4)5)86-99-89(94)82-80-78-76-74-72-70-68-66-64-62-60-58-56-54-52-50-48-41-39-37-35-33-31-29-27-25-23-21-19-17-15-13-11-9-7-2/h8,10,14,16,20,22,26,28,32,34,38,40,43-44,46-47,51,53,88,92H,6-7,9,11-13,15,17-19,21,23-25,27,29-31,33,35-37,39,41-42,45,48-50,52,54-87H2,1-5H3/p+1/b10-8-,16-14-,22-20-,28-26-,34-32-,40-38-,44-43-,47-46-,53-51-. The molecule has 0 aliphatic carbocycles. The first-order valence-electron chi connectivity index (χ1n) is 43.1. The molecule has 584 valence electrons. The molecule has 9 nitrogen and oxygen atoms in total. The number of carboxylic acids is 1. The molecule has 0 rings (SSSR count). The predicted octanol–water partition coefficient (Wildman–Crippen LogP) is 28.0. The molecule has 0 heterocycles. The molecule has 0 fully saturated rings. The molecule has 0 bridgehead atoms. The summed E-state index contributed by atoms with van der Waals surface area (Å²) in [5.74, 6) is -1.99. The average molecular weight is 1410 g/mol. The number of carbonyl (C=O) groups is 3. The first-order chi connectivity index (χ1) is 49.6. The molecule has 0 aromatic heterocycles. The van der Waals surface area contributed by atoms with Crippen LogP contribution in [0.25, 0.3) is 0 Å². The van der Waals surface area contributed by atoms with E-state index in [9.17, 15) is 19.5 Å². The molecular weight excluding hydrogens is 1250 g/mol. The fraction of sp³-hybridized carbons (Fsp3) is 0.772. The lowest BCUT2D eigenvalue weighted by molar-refractivity contribution is -0.870. The maximum Gasteiger partial charge on any atom is 0.361 e. The van der Waals surface area contributed by atoms with Gasteiger partial charge in [0.1, 0.15) is 13.2 Å². The number of allylic oxidation sites excluding steroid dienone is 18. The Hall–Kier alpha value is -4.05. The number of carboxylic acid groups (broad SMARTS) is 1. The van der Waals surface area contributed by atoms with Crippen LogP contribution in [0.4, 0.5) is 0 Å². The lowest BCUT2D eigenvalue weighted by atomic mass is 10.0. The lowest BCUT2D eigenvalue weighted by Crippen LogP contribution is -2.40. The van der Waals surface area contributed by atoms with Crippen molar-refractivity contribution in [3.05, 3.63) is 109 Å². The Morgan fingerprint density at radius 2 is 0.564 bits per heavy atom. The van der Waals surface area contributed by atoms with Gasteiger partial charge in [0.15, 0.2) is 6.10 Å². The molecule has 1 N–H and O–H groups in total. The van der Waals surface area contributed by atoms with E-state index < -0.39 is 24.3 Å². The maximum atomic E-state index is 13.0. The van der Waals surface area contributed by atoms with E-state index in [0.717, 1.165) is 103 Å². The molecule has 101 heavy (non-hydrogen) atoms. The number of hydrogen-bond acceptors (Lipinski definition) is 7. The minimum absolute atomic E-state index is 0.182. The van der Waals surface area contributed by atoms with Crippen molar-refractivity contribution < 1.29 is 42.9 Å². The number of rotatable bonds is 80. The molecule has 0 saturated heterocycles. The van der Waals surface area contributed by atoms with Gasteiger partial charge in [-0.15, -0.1) is 0 Å². The molecule has 9 heteroatoms. The zero-order valence-electron chi connectivity index (χ0n) is 67.1. The Balaban J connectivity index is 4.00. The Bertz CT molecular complexity index is 2040. The van der Waals surface area contributed by atoms with Crippen molar-refractivity contribution in [3.63, 3.8) is 0 Å². The fourth-order valence-corrected chi connectivity index (χ4v) is 12.5. The molecule has 0 aromatic rings. The van der Waals surface area contributed by atoms with Crippen molar-refractivity contribution in [3.8, 4) is 0 Å². The highest BCUT2D eigenvalue weighted by atomic mass is 16.7. The van der Waals surface area contributed by atoms with Crippen molar-refractivity contribution in [1.29, 1.82) is 0 Å². The molecule has 0 amide bonds. The number of aliphatic carboxylic acids is 1. The topological polar surface area (TPSA) is 108 Å². The van der Waals surface area contributed by atoms with Crippen molar-refractivity contribution >= 4 is 17.9 Å². The fourth-order valence-electron chi connectivity index (χ4n) is 12.5. The van der Waals surface area contributed by atoms with Crippen LogP contribution < -0.4 is 0 Å². The predicted molar refractivity (Wildman–Crippen MR) is 438 cm³/mol. The summed E-state index contributed by atoms with van der Waals surface area (Å²) in [4.78, 5) is 37.8. The largest absolute Gasteiger partial charge is 0.477 e. The van der Waals surface area contributed by atoms with Crippen LogP contribution in [0.3, 0.4) is 0 Å². The number of nitrogens with zero attached hydrogens (tertiary/aromatic N) is 1. The molecule has 0 aliphatic rings. The van der Waals surface area contributed by atoms with Gasteiger partial charge in [-0.05, 0) is 83.5 Å². The van der Waals surface area contributed by atoms with Crippen LogP contribution in [0.1, 0.15) is 399 Å². The van der Waals surface area contributed by atoms with Crippen molar-refractivity contribution in [2.75, 3.05) is 47.5 Å². The molecule has 2 unspecified atom stereocenters. The Kier molecular flexibility index (Phi) is 78.3. The molecule has 0 radical (unpaired) electrons. The van der Waals surface area contributed by atoms with Crippen molar-refractivity contribution in [2.45, 2.75) is 411 Å². The summed E-state index contributed by atoms with van der Waals surface area (Å²) in [6.45, 7) is 4.82. The summed E-state index contributed by atoms with van der Waals surface area (Å²) < 4.78 is 23.1. The van der Waals surface area contributed by atoms with E-state index in [1.54, 1.807) is 0 Å². The van der Waals surface area contributed by atoms with Gasteiger partial charge in [0.25, 0.3) is 6.29 Å². The molecule has 0 saturated carbocycles. The summed E-state index contributed by atoms with van der Waals surface area (Å²) >= 11 is 0. The maximum absolute atomic E-state index is 13.0. The first kappa shape index (κ1) is 97.0. The summed E-state index contributed by atoms with van der Waals surface area (Å²) in [6.07, 6.45) is 113. The molecule has 0 aliphatic heterocycles. The van der Waals surface area contributed by atoms with Gasteiger partial charge in [0.05, 0.1) is 34.4 Å². The summed E-state index contributed by atoms with van der Waals surface area (Å²) in [5.41, 5.74) is 0. The van der Waals surface area contributed by atoms with E-state index in [-0.39, 0.29) is 32.2 Å². The summed E-state index contributed by atoms with van der Waals surface area (Å²) in [5, 5.41) is 9.79. The summed E-state index contributed by atoms with van der Waals surface area (Å²) in [7, 11) is 5.99. The average Bonchev–Trinajstić information content (AvgIpc) is 1.21. The molecule has 0 spiro atoms. The second-order valence-corrected chi connectivity index (χ2v) is 30.1. The van der Waals surface area contributed by atoms with Gasteiger partial charge in [-0.3, -0.25) is 9.59 Å². The number of unbranched alkanes of at least 4 members (excludes halogenated alkanes) is 47. The first-order valence-corrected chi connectivity index (χ1v) is 43.1. The van der Waals surface area contributed by atoms with E-state index >= 15 is 0 Å². The van der Waals surface area contributed by atoms with Gasteiger partial charge < -0.3 is 28.5 Å². The minimum Gasteiger partial charge on any atom is -0.477 e. The third kappa shape index (κ3) is 83.1. The molecule has 0 aromatic carbocycles. The van der Waals surface area contributed by atoms with Crippen LogP contribution in [-0.2, 0) is 33.3 Å². The van der Waals surface area contributed by atoms with Gasteiger partial charge in [-0.1, -0.05) is 412 Å². The van der Waals surface area contributed by atoms with Crippen LogP contribution in [-0.4, -0.2) is 87.4 Å². The Morgan fingerprint density at radius 3 is 0.842 bits per heavy atom. The lowest BCUT2D eigenvalue weighted by Gasteiger charge is -2.25. The van der Waals surface area contributed by atoms with Crippen LogP contribution in [0.15, 0.2) is 109 Å². The zero-order chi connectivity index (χ0) is 73.2. The number of esters is 2. The second-order valence-electron chi connectivity index (χ2n) is 30.1. The van der Waals surface area contributed by atoms with E-state index in [1.165, 1.54) is 270 Å². The van der Waals surface area contributed by atoms with E-state index in [4.69, 9.17) is 18.9 Å². The Labute approximate surface area is 625 Å². The molecule has 2 atom stereocenters. The number of ether oxygens (including phenoxy) is 4. The number of carbonyl (C=O) groups excluding carboxylic acids is 2. The van der Waals surface area contributed by atoms with E-state index in [1.807, 2.05) is 21.1 Å². The second kappa shape index (κ2) is 81.6. The van der Waals surface area contributed by atoms with Gasteiger partial charge in [0.2, 0.25) is 0 Å². The normalized spacial score (nSPS) is 13.2. The highest BCUT2D eigenvalue weighted by molar-refractivity contribution is 5.71. The number of quaternary nitrogens is 1. The van der Waals surface area contributed by atoms with Crippen LogP contribution in [0.5, 0.6) is 0 Å². The quantitative estimate of drug-likeness (QED) is 0.0211. The van der Waals surface area contributed by atoms with Gasteiger partial charge in [-0.2, -0.15) is 0 Å². The Morgan fingerprint density at radius 1 is 0.307 bits per heavy atom. The van der Waals surface area contributed by atoms with Gasteiger partial charge >= 0.3 is 17.9 Å². The SMILES string of the molecule is CC/C=C\C/C=C\C/C=C\C/C=C\C/C=C\C/C=C\C/C=C\C/C=C\C/C=C\CCCCCCCCCCCCCCCC(=O)OC(COC(=O)CCCCCCCCCCCCCCCCCCCCCCCCCCCCCCCCCCCCC)COC(OCC[N+](C)(C)C)C(=O)O.